The van der Waals surface area contributed by atoms with Gasteiger partial charge in [-0.15, -0.1) is 0 Å². The van der Waals surface area contributed by atoms with E-state index in [9.17, 15) is 0 Å². The summed E-state index contributed by atoms with van der Waals surface area (Å²) in [7, 11) is 0. The van der Waals surface area contributed by atoms with Crippen molar-refractivity contribution in [2.24, 2.45) is 0 Å². The van der Waals surface area contributed by atoms with Crippen LogP contribution in [0, 0.1) is 0 Å². The summed E-state index contributed by atoms with van der Waals surface area (Å²) >= 11 is 0. The second kappa shape index (κ2) is 17.6. The molecule has 2 aliphatic heterocycles. The van der Waals surface area contributed by atoms with Crippen LogP contribution in [-0.2, 0) is 37.9 Å². The van der Waals surface area contributed by atoms with Gasteiger partial charge in [0.15, 0.2) is 5.58 Å². The van der Waals surface area contributed by atoms with Crippen molar-refractivity contribution in [2.75, 3.05) is 9.80 Å². The zero-order valence-corrected chi connectivity index (χ0v) is 50.0. The first-order valence-corrected chi connectivity index (χ1v) is 28.0. The molecule has 8 aromatic rings. The highest BCUT2D eigenvalue weighted by Gasteiger charge is 2.46. The first-order chi connectivity index (χ1) is 35.1. The van der Waals surface area contributed by atoms with E-state index in [0.29, 0.717) is 5.89 Å². The molecular weight excluding hydrogens is 922 g/mol. The average molecular weight is 1010 g/mol. The predicted molar refractivity (Wildman–Crippen MR) is 330 cm³/mol. The van der Waals surface area contributed by atoms with Gasteiger partial charge in [-0.1, -0.05) is 206 Å². The number of rotatable bonds is 4. The zero-order chi connectivity index (χ0) is 55.2. The van der Waals surface area contributed by atoms with Crippen molar-refractivity contribution in [3.05, 3.63) is 166 Å². The summed E-state index contributed by atoms with van der Waals surface area (Å²) in [4.78, 5) is 10.6. The van der Waals surface area contributed by atoms with Crippen molar-refractivity contribution in [2.45, 2.75) is 183 Å². The van der Waals surface area contributed by atoms with Crippen LogP contribution < -0.4 is 26.2 Å². The van der Waals surface area contributed by atoms with Crippen molar-refractivity contribution in [1.82, 2.24) is 4.98 Å². The summed E-state index contributed by atoms with van der Waals surface area (Å²) in [6.45, 7) is 48.9. The molecule has 2 aliphatic rings. The highest BCUT2D eigenvalue weighted by atomic mass is 16.3. The molecule has 0 amide bonds. The molecule has 1 aromatic heterocycles. The summed E-state index contributed by atoms with van der Waals surface area (Å²) in [5, 5.41) is 0. The van der Waals surface area contributed by atoms with E-state index in [-0.39, 0.29) is 44.6 Å². The van der Waals surface area contributed by atoms with Crippen LogP contribution >= 0.6 is 0 Å². The summed E-state index contributed by atoms with van der Waals surface area (Å²) < 4.78 is 6.97. The van der Waals surface area contributed by atoms with Crippen LogP contribution in [0.15, 0.2) is 132 Å². The monoisotopic (exact) mass is 1010 g/mol. The van der Waals surface area contributed by atoms with E-state index < -0.39 is 0 Å². The van der Waals surface area contributed by atoms with Crippen LogP contribution in [0.5, 0.6) is 0 Å². The maximum absolute atomic E-state index is 6.97. The van der Waals surface area contributed by atoms with Crippen LogP contribution in [0.1, 0.15) is 184 Å². The quantitative estimate of drug-likeness (QED) is 0.165. The second-order valence-electron chi connectivity index (χ2n) is 29.6. The molecule has 10 rings (SSSR count). The third-order valence-corrected chi connectivity index (χ3v) is 16.3. The lowest BCUT2D eigenvalue weighted by molar-refractivity contribution is 0.568. The Hall–Kier alpha value is -6.33. The third-order valence-electron chi connectivity index (χ3n) is 16.3. The van der Waals surface area contributed by atoms with E-state index in [1.807, 2.05) is 0 Å². The van der Waals surface area contributed by atoms with E-state index in [1.165, 1.54) is 89.2 Å². The number of hydrogen-bond acceptors (Lipinski definition) is 4. The number of hydrogen-bond donors (Lipinski definition) is 0. The largest absolute Gasteiger partial charge is 0.436 e. The van der Waals surface area contributed by atoms with Gasteiger partial charge in [0, 0.05) is 45.8 Å². The molecule has 0 atom stereocenters. The van der Waals surface area contributed by atoms with Gasteiger partial charge in [-0.2, -0.15) is 0 Å². The van der Waals surface area contributed by atoms with Crippen LogP contribution in [0.25, 0.3) is 33.7 Å². The van der Waals surface area contributed by atoms with Gasteiger partial charge in [0.2, 0.25) is 5.89 Å². The van der Waals surface area contributed by atoms with E-state index >= 15 is 0 Å². The number of fused-ring (bicyclic) bond motifs is 5. The second-order valence-corrected chi connectivity index (χ2v) is 29.6. The Balaban J connectivity index is 1.29. The van der Waals surface area contributed by atoms with Gasteiger partial charge in [0.05, 0.1) is 0 Å². The fourth-order valence-corrected chi connectivity index (χ4v) is 11.2. The van der Waals surface area contributed by atoms with Gasteiger partial charge >= 0.3 is 0 Å². The van der Waals surface area contributed by atoms with Crippen molar-refractivity contribution < 1.29 is 4.42 Å². The molecule has 7 aromatic carbocycles. The Morgan fingerprint density at radius 1 is 0.329 bits per heavy atom. The number of benzene rings is 7. The minimum Gasteiger partial charge on any atom is -0.436 e. The molecule has 0 radical (unpaired) electrons. The van der Waals surface area contributed by atoms with Gasteiger partial charge < -0.3 is 14.2 Å². The smallest absolute Gasteiger partial charge is 0.252 e. The van der Waals surface area contributed by atoms with Crippen molar-refractivity contribution in [3.8, 4) is 22.6 Å². The number of anilines is 6. The van der Waals surface area contributed by atoms with Crippen molar-refractivity contribution in [3.63, 3.8) is 0 Å². The minimum atomic E-state index is -0.169. The highest BCUT2D eigenvalue weighted by molar-refractivity contribution is 7.00. The standard InChI is InChI=1S/C71H84BN3O/c1-65(2,3)46-28-26-44(27-29-46)43-22-24-45(25-23-43)64-73-57-41-56-59(42-62(57)76-64)75(54-36-50(69(13,14)15)33-51(37-54)70(16,17)18)61-40-52(71(19,20)21)39-60-63(61)72(56)55-38-47(66(4,5)6)30-31-58(55)74(60)53-34-48(67(7,8)9)32-49(35-53)68(10,11)12/h22-42H,1-21H3. The average Bonchev–Trinajstić information content (AvgIpc) is 3.86. The normalized spacial score (nSPS) is 14.3. The predicted octanol–water partition coefficient (Wildman–Crippen LogP) is 18.3. The molecule has 0 bridgehead atoms. The van der Waals surface area contributed by atoms with Gasteiger partial charge in [-0.25, -0.2) is 4.98 Å². The Labute approximate surface area is 457 Å². The number of nitrogens with zero attached hydrogens (tertiary/aromatic N) is 3. The molecule has 0 aliphatic carbocycles. The van der Waals surface area contributed by atoms with Crippen LogP contribution in [0.2, 0.25) is 0 Å². The fourth-order valence-electron chi connectivity index (χ4n) is 11.2. The molecular formula is C71H84BN3O. The van der Waals surface area contributed by atoms with Gasteiger partial charge in [-0.05, 0) is 165 Å². The van der Waals surface area contributed by atoms with Gasteiger partial charge in [0.25, 0.3) is 6.71 Å². The van der Waals surface area contributed by atoms with Crippen LogP contribution in [0.3, 0.4) is 0 Å². The van der Waals surface area contributed by atoms with Crippen molar-refractivity contribution in [1.29, 1.82) is 0 Å². The minimum absolute atomic E-state index is 0.0687. The van der Waals surface area contributed by atoms with E-state index in [1.54, 1.807) is 0 Å². The molecule has 0 saturated heterocycles. The Bertz CT molecular complexity index is 3500. The number of oxazole rings is 1. The van der Waals surface area contributed by atoms with E-state index in [0.717, 1.165) is 28.0 Å². The molecule has 392 valence electrons. The maximum Gasteiger partial charge on any atom is 0.252 e. The summed E-state index contributed by atoms with van der Waals surface area (Å²) in [6, 6.07) is 49.5. The lowest BCUT2D eigenvalue weighted by atomic mass is 9.33. The maximum atomic E-state index is 6.97. The summed E-state index contributed by atoms with van der Waals surface area (Å²) in [5.41, 5.74) is 24.6. The lowest BCUT2D eigenvalue weighted by Crippen LogP contribution is -2.61. The molecule has 5 heteroatoms. The Morgan fingerprint density at radius 2 is 0.697 bits per heavy atom. The third kappa shape index (κ3) is 9.64. The molecule has 4 nitrogen and oxygen atoms in total. The highest BCUT2D eigenvalue weighted by Crippen LogP contribution is 2.49. The van der Waals surface area contributed by atoms with Gasteiger partial charge in [-0.3, -0.25) is 0 Å². The molecule has 0 N–H and O–H groups in total. The Morgan fingerprint density at radius 3 is 1.13 bits per heavy atom. The molecule has 76 heavy (non-hydrogen) atoms. The van der Waals surface area contributed by atoms with Crippen LogP contribution in [-0.4, -0.2) is 11.7 Å². The Kier molecular flexibility index (Phi) is 12.3. The first-order valence-electron chi connectivity index (χ1n) is 28.0. The molecule has 3 heterocycles. The molecule has 0 unspecified atom stereocenters. The first kappa shape index (κ1) is 53.1. The van der Waals surface area contributed by atoms with E-state index in [4.69, 9.17) is 9.40 Å². The summed E-state index contributed by atoms with van der Waals surface area (Å²) in [6.07, 6.45) is 0. The van der Waals surface area contributed by atoms with Crippen LogP contribution in [0.4, 0.5) is 34.1 Å². The number of aromatic nitrogens is 1. The lowest BCUT2D eigenvalue weighted by Gasteiger charge is -2.46. The topological polar surface area (TPSA) is 32.5 Å². The molecule has 0 fully saturated rings. The SMILES string of the molecule is CC(C)(C)c1ccc(-c2ccc(-c3nc4cc5c(cc4o3)N(c3cc(C(C)(C)C)cc(C(C)(C)C)c3)c3cc(C(C)(C)C)cc4c3B5c3cc(C(C)(C)C)ccc3N4c3cc(C(C)(C)C)cc(C(C)(C)C)c3)cc2)cc1. The molecule has 0 saturated carbocycles. The zero-order valence-electron chi connectivity index (χ0n) is 50.0. The summed E-state index contributed by atoms with van der Waals surface area (Å²) in [5.74, 6) is 0.620. The molecule has 0 spiro atoms. The van der Waals surface area contributed by atoms with Crippen molar-refractivity contribution >= 4 is 68.3 Å². The fraction of sp³-hybridized carbons (Fsp3) is 0.394. The van der Waals surface area contributed by atoms with Gasteiger partial charge in [0.1, 0.15) is 5.52 Å². The van der Waals surface area contributed by atoms with E-state index in [2.05, 4.69) is 283 Å².